The van der Waals surface area contributed by atoms with Crippen LogP contribution in [0.25, 0.3) is 0 Å². The summed E-state index contributed by atoms with van der Waals surface area (Å²) >= 11 is 0. The Labute approximate surface area is 232 Å². The Hall–Kier alpha value is -3.67. The minimum Gasteiger partial charge on any atom is -0.507 e. The first-order valence-electron chi connectivity index (χ1n) is 14.0. The molecule has 4 aliphatic rings. The van der Waals surface area contributed by atoms with Crippen molar-refractivity contribution in [1.29, 1.82) is 0 Å². The summed E-state index contributed by atoms with van der Waals surface area (Å²) in [7, 11) is 0. The highest BCUT2D eigenvalue weighted by atomic mass is 16.7. The van der Waals surface area contributed by atoms with Crippen LogP contribution in [0.5, 0.6) is 5.75 Å². The number of carbonyl (C=O) groups is 5. The Balaban J connectivity index is 1.31. The average Bonchev–Trinajstić information content (AvgIpc) is 3.54. The number of amides is 4. The predicted octanol–water partition coefficient (Wildman–Crippen LogP) is 1.35. The van der Waals surface area contributed by atoms with Crippen LogP contribution in [0.1, 0.15) is 79.3 Å². The van der Waals surface area contributed by atoms with E-state index >= 15 is 0 Å². The summed E-state index contributed by atoms with van der Waals surface area (Å²) in [5, 5.41) is 18.1. The van der Waals surface area contributed by atoms with Crippen molar-refractivity contribution in [3.8, 4) is 5.75 Å². The van der Waals surface area contributed by atoms with Crippen molar-refractivity contribution >= 4 is 29.6 Å². The zero-order chi connectivity index (χ0) is 28.6. The molecule has 1 aliphatic carbocycles. The lowest BCUT2D eigenvalue weighted by atomic mass is 10.0. The molecule has 12 nitrogen and oxygen atoms in total. The van der Waals surface area contributed by atoms with Crippen molar-refractivity contribution in [3.05, 3.63) is 28.8 Å². The van der Waals surface area contributed by atoms with Crippen LogP contribution in [0.2, 0.25) is 0 Å². The molecule has 1 saturated carbocycles. The number of hydrogen-bond acceptors (Lipinski definition) is 8. The smallest absolute Gasteiger partial charge is 0.310 e. The van der Waals surface area contributed by atoms with Gasteiger partial charge in [-0.25, -0.2) is 5.01 Å². The van der Waals surface area contributed by atoms with Gasteiger partial charge in [-0.1, -0.05) is 12.8 Å². The average molecular weight is 557 g/mol. The molecule has 5 rings (SSSR count). The molecular formula is C28H36N4O8. The molecule has 40 heavy (non-hydrogen) atoms. The molecule has 0 radical (unpaired) electrons. The van der Waals surface area contributed by atoms with E-state index in [0.29, 0.717) is 24.0 Å². The molecule has 4 atom stereocenters. The van der Waals surface area contributed by atoms with Gasteiger partial charge in [-0.05, 0) is 69.2 Å². The van der Waals surface area contributed by atoms with E-state index in [1.165, 1.54) is 22.2 Å². The van der Waals surface area contributed by atoms with Crippen molar-refractivity contribution in [2.75, 3.05) is 6.54 Å². The SMILES string of the molecule is Cc1cc(C(=O)N[C@H]2CCC(=O)N3CCC[C@@H](C(=O)N[C@H]4CC(=O)O[C@H]4OC4CCCC4)N3C2=O)cc(C)c1O. The van der Waals surface area contributed by atoms with Gasteiger partial charge in [0.25, 0.3) is 11.8 Å². The number of phenolic OH excluding ortho intramolecular Hbond substituents is 1. The van der Waals surface area contributed by atoms with Crippen molar-refractivity contribution in [3.63, 3.8) is 0 Å². The number of nitrogens with one attached hydrogen (secondary N) is 2. The van der Waals surface area contributed by atoms with Crippen LogP contribution < -0.4 is 10.6 Å². The Morgan fingerprint density at radius 1 is 1.00 bits per heavy atom. The van der Waals surface area contributed by atoms with E-state index < -0.39 is 48.1 Å². The standard InChI is InChI=1S/C28H36N4O8/c1-15-12-17(13-16(2)24(15)35)25(36)29-19-9-10-22(33)31-11-5-8-21(32(31)27(19)38)26(37)30-20-14-23(34)40-28(20)39-18-6-3-4-7-18/h12-13,18-21,28,35H,3-11,14H2,1-2H3,(H,29,36)(H,30,37)/t19-,20-,21-,28+/m0/s1. The monoisotopic (exact) mass is 556 g/mol. The molecule has 0 bridgehead atoms. The number of fused-ring (bicyclic) bond motifs is 1. The number of ether oxygens (including phenoxy) is 2. The summed E-state index contributed by atoms with van der Waals surface area (Å²) in [6.45, 7) is 3.63. The first-order valence-corrected chi connectivity index (χ1v) is 14.0. The van der Waals surface area contributed by atoms with Gasteiger partial charge in [0.05, 0.1) is 12.5 Å². The summed E-state index contributed by atoms with van der Waals surface area (Å²) in [6.07, 6.45) is 3.77. The Morgan fingerprint density at radius 2 is 1.70 bits per heavy atom. The largest absolute Gasteiger partial charge is 0.507 e. The van der Waals surface area contributed by atoms with E-state index in [4.69, 9.17) is 9.47 Å². The van der Waals surface area contributed by atoms with Crippen molar-refractivity contribution in [2.45, 2.75) is 102 Å². The third kappa shape index (κ3) is 5.63. The Morgan fingerprint density at radius 3 is 2.40 bits per heavy atom. The minimum atomic E-state index is -1.03. The van der Waals surface area contributed by atoms with E-state index in [0.717, 1.165) is 25.7 Å². The molecule has 1 aromatic rings. The maximum absolute atomic E-state index is 13.8. The second-order valence-corrected chi connectivity index (χ2v) is 11.1. The molecule has 4 amide bonds. The Kier molecular flexibility index (Phi) is 7.97. The maximum atomic E-state index is 13.8. The fraction of sp³-hybridized carbons (Fsp3) is 0.607. The normalized spacial score (nSPS) is 27.3. The van der Waals surface area contributed by atoms with Crippen LogP contribution >= 0.6 is 0 Å². The summed E-state index contributed by atoms with van der Waals surface area (Å²) in [6, 6.07) is 0.332. The molecule has 4 fully saturated rings. The van der Waals surface area contributed by atoms with Crippen LogP contribution in [0.4, 0.5) is 0 Å². The molecule has 0 spiro atoms. The van der Waals surface area contributed by atoms with E-state index in [-0.39, 0.29) is 49.1 Å². The highest BCUT2D eigenvalue weighted by molar-refractivity contribution is 6.00. The Bertz CT molecular complexity index is 1190. The molecule has 3 saturated heterocycles. The maximum Gasteiger partial charge on any atom is 0.310 e. The molecule has 3 heterocycles. The number of cyclic esters (lactones) is 1. The van der Waals surface area contributed by atoms with Gasteiger partial charge in [-0.3, -0.25) is 29.0 Å². The lowest BCUT2D eigenvalue weighted by Crippen LogP contribution is -2.64. The van der Waals surface area contributed by atoms with Gasteiger partial charge < -0.3 is 25.2 Å². The number of carbonyl (C=O) groups excluding carboxylic acids is 5. The summed E-state index contributed by atoms with van der Waals surface area (Å²) < 4.78 is 11.3. The van der Waals surface area contributed by atoms with Gasteiger partial charge in [0.1, 0.15) is 23.9 Å². The van der Waals surface area contributed by atoms with Crippen LogP contribution in [-0.2, 0) is 28.7 Å². The van der Waals surface area contributed by atoms with Gasteiger partial charge in [0, 0.05) is 18.5 Å². The molecule has 0 aromatic heterocycles. The zero-order valence-electron chi connectivity index (χ0n) is 22.8. The topological polar surface area (TPSA) is 155 Å². The van der Waals surface area contributed by atoms with Gasteiger partial charge in [0.15, 0.2) is 0 Å². The molecule has 12 heteroatoms. The van der Waals surface area contributed by atoms with Crippen LogP contribution in [0.15, 0.2) is 12.1 Å². The fourth-order valence-electron chi connectivity index (χ4n) is 6.01. The lowest BCUT2D eigenvalue weighted by Gasteiger charge is -2.43. The number of hydrazine groups is 1. The molecular weight excluding hydrogens is 520 g/mol. The summed E-state index contributed by atoms with van der Waals surface area (Å²) in [4.78, 5) is 65.5. The first kappa shape index (κ1) is 27.9. The van der Waals surface area contributed by atoms with E-state index in [9.17, 15) is 29.1 Å². The number of esters is 1. The van der Waals surface area contributed by atoms with E-state index in [1.54, 1.807) is 13.8 Å². The quantitative estimate of drug-likeness (QED) is 0.444. The van der Waals surface area contributed by atoms with Crippen molar-refractivity contribution in [1.82, 2.24) is 20.7 Å². The summed E-state index contributed by atoms with van der Waals surface area (Å²) in [5.74, 6) is -2.26. The van der Waals surface area contributed by atoms with Crippen LogP contribution in [0, 0.1) is 13.8 Å². The number of benzene rings is 1. The van der Waals surface area contributed by atoms with E-state index in [2.05, 4.69) is 10.6 Å². The lowest BCUT2D eigenvalue weighted by molar-refractivity contribution is -0.180. The van der Waals surface area contributed by atoms with E-state index in [1.807, 2.05) is 0 Å². The summed E-state index contributed by atoms with van der Waals surface area (Å²) in [5.41, 5.74) is 1.33. The fourth-order valence-corrected chi connectivity index (χ4v) is 6.01. The molecule has 0 unspecified atom stereocenters. The van der Waals surface area contributed by atoms with Gasteiger partial charge >= 0.3 is 5.97 Å². The zero-order valence-corrected chi connectivity index (χ0v) is 22.8. The highest BCUT2D eigenvalue weighted by Gasteiger charge is 2.46. The predicted molar refractivity (Wildman–Crippen MR) is 139 cm³/mol. The van der Waals surface area contributed by atoms with Crippen molar-refractivity contribution < 1.29 is 38.6 Å². The van der Waals surface area contributed by atoms with Gasteiger partial charge in [-0.2, -0.15) is 0 Å². The van der Waals surface area contributed by atoms with Gasteiger partial charge in [0.2, 0.25) is 18.1 Å². The highest BCUT2D eigenvalue weighted by Crippen LogP contribution is 2.29. The third-order valence-electron chi connectivity index (χ3n) is 8.14. The minimum absolute atomic E-state index is 0.0252. The number of hydrogen-bond donors (Lipinski definition) is 3. The number of aryl methyl sites for hydroxylation is 2. The molecule has 3 aliphatic heterocycles. The molecule has 3 N–H and O–H groups in total. The number of rotatable bonds is 6. The van der Waals surface area contributed by atoms with Crippen LogP contribution in [-0.4, -0.2) is 81.8 Å². The molecule has 1 aromatic carbocycles. The third-order valence-corrected chi connectivity index (χ3v) is 8.14. The number of phenols is 1. The first-order chi connectivity index (χ1) is 19.1. The van der Waals surface area contributed by atoms with Gasteiger partial charge in [-0.15, -0.1) is 0 Å². The van der Waals surface area contributed by atoms with Crippen LogP contribution in [0.3, 0.4) is 0 Å². The molecule has 216 valence electrons. The second-order valence-electron chi connectivity index (χ2n) is 11.1. The van der Waals surface area contributed by atoms with Crippen molar-refractivity contribution in [2.24, 2.45) is 0 Å². The number of nitrogens with zero attached hydrogens (tertiary/aromatic N) is 2. The second kappa shape index (κ2) is 11.4. The number of aromatic hydroxyl groups is 1.